The van der Waals surface area contributed by atoms with Crippen molar-refractivity contribution in [2.24, 2.45) is 0 Å². The van der Waals surface area contributed by atoms with Gasteiger partial charge in [0, 0.05) is 5.39 Å². The van der Waals surface area contributed by atoms with E-state index in [0.29, 0.717) is 22.2 Å². The molecule has 0 fully saturated rings. The van der Waals surface area contributed by atoms with Crippen LogP contribution in [0.3, 0.4) is 0 Å². The average Bonchev–Trinajstić information content (AvgIpc) is 2.62. The number of esters is 1. The molecule has 0 saturated heterocycles. The van der Waals surface area contributed by atoms with E-state index in [0.717, 1.165) is 0 Å². The zero-order valence-electron chi connectivity index (χ0n) is 12.6. The maximum atomic E-state index is 12.7. The van der Waals surface area contributed by atoms with Crippen LogP contribution in [0.15, 0.2) is 53.3 Å². The van der Waals surface area contributed by atoms with Crippen LogP contribution < -0.4 is 10.3 Å². The number of hydrogen-bond donors (Lipinski definition) is 0. The fraction of sp³-hybridized carbons (Fsp3) is 0.118. The summed E-state index contributed by atoms with van der Waals surface area (Å²) in [6.07, 6.45) is 0. The Morgan fingerprint density at radius 2 is 1.65 bits per heavy atom. The summed E-state index contributed by atoms with van der Waals surface area (Å²) in [6, 6.07) is 13.6. The van der Waals surface area contributed by atoms with Crippen LogP contribution in [-0.4, -0.2) is 30.0 Å². The van der Waals surface area contributed by atoms with Crippen molar-refractivity contribution in [1.82, 2.24) is 9.78 Å². The topological polar surface area (TPSA) is 70.4 Å². The molecule has 0 aliphatic rings. The van der Waals surface area contributed by atoms with E-state index in [2.05, 4.69) is 5.10 Å². The number of carbonyl (C=O) groups excluding carboxylic acids is 1. The largest absolute Gasteiger partial charge is 0.497 e. The van der Waals surface area contributed by atoms with Gasteiger partial charge in [-0.15, -0.1) is 0 Å². The Morgan fingerprint density at radius 1 is 1.00 bits per heavy atom. The molecule has 0 atom stereocenters. The molecule has 0 spiro atoms. The molecule has 2 aromatic carbocycles. The Morgan fingerprint density at radius 3 is 2.26 bits per heavy atom. The van der Waals surface area contributed by atoms with Crippen LogP contribution in [0.5, 0.6) is 5.75 Å². The van der Waals surface area contributed by atoms with Crippen molar-refractivity contribution >= 4 is 16.7 Å². The quantitative estimate of drug-likeness (QED) is 0.693. The van der Waals surface area contributed by atoms with E-state index in [4.69, 9.17) is 9.47 Å². The van der Waals surface area contributed by atoms with Crippen molar-refractivity contribution in [1.29, 1.82) is 0 Å². The Labute approximate surface area is 131 Å². The maximum absolute atomic E-state index is 12.7. The number of hydrogen-bond acceptors (Lipinski definition) is 5. The minimum Gasteiger partial charge on any atom is -0.497 e. The number of ether oxygens (including phenoxy) is 2. The van der Waals surface area contributed by atoms with Gasteiger partial charge in [0.2, 0.25) is 0 Å². The summed E-state index contributed by atoms with van der Waals surface area (Å²) in [6.45, 7) is 0. The number of rotatable bonds is 3. The van der Waals surface area contributed by atoms with Gasteiger partial charge in [-0.1, -0.05) is 18.2 Å². The summed E-state index contributed by atoms with van der Waals surface area (Å²) in [7, 11) is 2.84. The fourth-order valence-electron chi connectivity index (χ4n) is 2.34. The molecule has 0 unspecified atom stereocenters. The first-order valence-electron chi connectivity index (χ1n) is 6.90. The molecule has 1 aromatic heterocycles. The second-order valence-electron chi connectivity index (χ2n) is 4.80. The van der Waals surface area contributed by atoms with Crippen molar-refractivity contribution in [3.8, 4) is 11.4 Å². The van der Waals surface area contributed by atoms with Crippen LogP contribution in [0.25, 0.3) is 16.5 Å². The van der Waals surface area contributed by atoms with Gasteiger partial charge < -0.3 is 9.47 Å². The number of methoxy groups -OCH3 is 2. The predicted molar refractivity (Wildman–Crippen MR) is 85.2 cm³/mol. The first-order chi connectivity index (χ1) is 11.2. The molecule has 0 aliphatic heterocycles. The van der Waals surface area contributed by atoms with Gasteiger partial charge in [0.15, 0.2) is 5.69 Å². The highest BCUT2D eigenvalue weighted by molar-refractivity contribution is 6.02. The lowest BCUT2D eigenvalue weighted by Crippen LogP contribution is -2.24. The Bertz CT molecular complexity index is 929. The van der Waals surface area contributed by atoms with Crippen molar-refractivity contribution in [2.45, 2.75) is 0 Å². The zero-order chi connectivity index (χ0) is 16.4. The molecule has 0 aliphatic carbocycles. The number of fused-ring (bicyclic) bond motifs is 1. The average molecular weight is 310 g/mol. The van der Waals surface area contributed by atoms with E-state index in [1.54, 1.807) is 55.6 Å². The van der Waals surface area contributed by atoms with Crippen molar-refractivity contribution in [3.63, 3.8) is 0 Å². The molecular formula is C17H14N2O4. The van der Waals surface area contributed by atoms with Crippen LogP contribution in [0.2, 0.25) is 0 Å². The SMILES string of the molecule is COC(=O)c1nn(-c2ccc(OC)cc2)c(=O)c2ccccc12. The maximum Gasteiger partial charge on any atom is 0.359 e. The van der Waals surface area contributed by atoms with Gasteiger partial charge in [-0.3, -0.25) is 4.79 Å². The fourth-order valence-corrected chi connectivity index (χ4v) is 2.34. The first kappa shape index (κ1) is 14.8. The molecule has 0 bridgehead atoms. The molecule has 6 nitrogen and oxygen atoms in total. The highest BCUT2D eigenvalue weighted by atomic mass is 16.5. The molecule has 0 radical (unpaired) electrons. The molecular weight excluding hydrogens is 296 g/mol. The van der Waals surface area contributed by atoms with Gasteiger partial charge in [0.05, 0.1) is 25.3 Å². The minimum atomic E-state index is -0.594. The number of aromatic nitrogens is 2. The summed E-state index contributed by atoms with van der Waals surface area (Å²) in [4.78, 5) is 24.7. The van der Waals surface area contributed by atoms with Gasteiger partial charge in [-0.05, 0) is 30.3 Å². The number of benzene rings is 2. The summed E-state index contributed by atoms with van der Waals surface area (Å²) in [5, 5.41) is 5.05. The Kier molecular flexibility index (Phi) is 3.80. The van der Waals surface area contributed by atoms with Crippen LogP contribution in [0, 0.1) is 0 Å². The first-order valence-corrected chi connectivity index (χ1v) is 6.90. The smallest absolute Gasteiger partial charge is 0.359 e. The monoisotopic (exact) mass is 310 g/mol. The van der Waals surface area contributed by atoms with Gasteiger partial charge in [0.1, 0.15) is 5.75 Å². The van der Waals surface area contributed by atoms with E-state index in [-0.39, 0.29) is 11.3 Å². The van der Waals surface area contributed by atoms with Crippen molar-refractivity contribution in [3.05, 3.63) is 64.6 Å². The highest BCUT2D eigenvalue weighted by Crippen LogP contribution is 2.17. The van der Waals surface area contributed by atoms with Crippen molar-refractivity contribution < 1.29 is 14.3 Å². The van der Waals surface area contributed by atoms with Crippen LogP contribution in [-0.2, 0) is 4.74 Å². The third-order valence-electron chi connectivity index (χ3n) is 3.50. The molecule has 6 heteroatoms. The standard InChI is InChI=1S/C17H14N2O4/c1-22-12-9-7-11(8-10-12)19-16(20)14-6-4-3-5-13(14)15(18-19)17(21)23-2/h3-10H,1-2H3. The minimum absolute atomic E-state index is 0.0959. The summed E-state index contributed by atoms with van der Waals surface area (Å²) < 4.78 is 11.1. The molecule has 0 saturated carbocycles. The molecule has 0 amide bonds. The highest BCUT2D eigenvalue weighted by Gasteiger charge is 2.17. The second-order valence-corrected chi connectivity index (χ2v) is 4.80. The summed E-state index contributed by atoms with van der Waals surface area (Å²) in [5.74, 6) is 0.0687. The molecule has 116 valence electrons. The third-order valence-corrected chi connectivity index (χ3v) is 3.50. The van der Waals surface area contributed by atoms with Gasteiger partial charge in [0.25, 0.3) is 5.56 Å². The van der Waals surface area contributed by atoms with Crippen LogP contribution in [0.1, 0.15) is 10.5 Å². The van der Waals surface area contributed by atoms with Crippen molar-refractivity contribution in [2.75, 3.05) is 14.2 Å². The lowest BCUT2D eigenvalue weighted by atomic mass is 10.1. The molecule has 23 heavy (non-hydrogen) atoms. The lowest BCUT2D eigenvalue weighted by Gasteiger charge is -2.10. The number of carbonyl (C=O) groups is 1. The molecule has 0 N–H and O–H groups in total. The lowest BCUT2D eigenvalue weighted by molar-refractivity contribution is 0.0594. The van der Waals surface area contributed by atoms with E-state index < -0.39 is 5.97 Å². The van der Waals surface area contributed by atoms with E-state index in [1.165, 1.54) is 11.8 Å². The Balaban J connectivity index is 2.30. The third kappa shape index (κ3) is 2.55. The Hall–Kier alpha value is -3.15. The number of nitrogens with zero attached hydrogens (tertiary/aromatic N) is 2. The van der Waals surface area contributed by atoms with E-state index in [9.17, 15) is 9.59 Å². The van der Waals surface area contributed by atoms with E-state index >= 15 is 0 Å². The molecule has 3 rings (SSSR count). The summed E-state index contributed by atoms with van der Waals surface area (Å²) >= 11 is 0. The normalized spacial score (nSPS) is 10.5. The van der Waals surface area contributed by atoms with E-state index in [1.807, 2.05) is 0 Å². The van der Waals surface area contributed by atoms with Crippen LogP contribution in [0.4, 0.5) is 0 Å². The van der Waals surface area contributed by atoms with Gasteiger partial charge in [-0.25, -0.2) is 4.79 Å². The second kappa shape index (κ2) is 5.92. The summed E-state index contributed by atoms with van der Waals surface area (Å²) in [5.41, 5.74) is 0.323. The van der Waals surface area contributed by atoms with Crippen LogP contribution >= 0.6 is 0 Å². The van der Waals surface area contributed by atoms with Gasteiger partial charge in [-0.2, -0.15) is 9.78 Å². The zero-order valence-corrected chi connectivity index (χ0v) is 12.6. The van der Waals surface area contributed by atoms with Gasteiger partial charge >= 0.3 is 5.97 Å². The predicted octanol–water partition coefficient (Wildman–Crippen LogP) is 2.18. The molecule has 3 aromatic rings. The molecule has 1 heterocycles.